The van der Waals surface area contributed by atoms with Gasteiger partial charge in [-0.05, 0) is 24.3 Å². The average molecular weight is 245 g/mol. The molecule has 3 heteroatoms. The van der Waals surface area contributed by atoms with Gasteiger partial charge < -0.3 is 10.7 Å². The summed E-state index contributed by atoms with van der Waals surface area (Å²) in [5, 5.41) is 1.96. The van der Waals surface area contributed by atoms with E-state index in [1.807, 2.05) is 60.7 Å². The standard InChI is InChI=1S/C8H8N2.C6H5Cl/c9-8-5-6-3-1-2-4-7(6)10-8;7-6-4-2-1-3-5-6/h1-5,10H,9H2;1-5H. The van der Waals surface area contributed by atoms with Crippen molar-refractivity contribution in [2.75, 3.05) is 5.73 Å². The molecule has 2 aromatic carbocycles. The van der Waals surface area contributed by atoms with Gasteiger partial charge in [0.2, 0.25) is 0 Å². The molecule has 2 nitrogen and oxygen atoms in total. The Morgan fingerprint density at radius 1 is 0.882 bits per heavy atom. The van der Waals surface area contributed by atoms with Gasteiger partial charge in [-0.25, -0.2) is 0 Å². The lowest BCUT2D eigenvalue weighted by molar-refractivity contribution is 1.47. The molecule has 3 rings (SSSR count). The lowest BCUT2D eigenvalue weighted by Gasteiger charge is -1.83. The van der Waals surface area contributed by atoms with E-state index in [-0.39, 0.29) is 0 Å². The molecule has 0 saturated carbocycles. The molecule has 1 aromatic heterocycles. The van der Waals surface area contributed by atoms with Gasteiger partial charge >= 0.3 is 0 Å². The highest BCUT2D eigenvalue weighted by atomic mass is 35.5. The molecule has 0 aliphatic carbocycles. The van der Waals surface area contributed by atoms with E-state index < -0.39 is 0 Å². The molecule has 3 N–H and O–H groups in total. The second-order valence-electron chi connectivity index (χ2n) is 3.61. The minimum atomic E-state index is 0.723. The molecule has 0 unspecified atom stereocenters. The van der Waals surface area contributed by atoms with Crippen LogP contribution in [0.1, 0.15) is 0 Å². The van der Waals surface area contributed by atoms with Crippen LogP contribution in [0.4, 0.5) is 5.82 Å². The SMILES string of the molecule is Clc1ccccc1.Nc1cc2ccccc2[nH]1. The molecule has 0 spiro atoms. The first-order chi connectivity index (χ1) is 8.25. The number of nitrogens with two attached hydrogens (primary N) is 1. The van der Waals surface area contributed by atoms with Gasteiger partial charge in [-0.2, -0.15) is 0 Å². The van der Waals surface area contributed by atoms with Crippen molar-refractivity contribution in [2.24, 2.45) is 0 Å². The number of nitrogens with one attached hydrogen (secondary N) is 1. The summed E-state index contributed by atoms with van der Waals surface area (Å²) in [6.45, 7) is 0. The van der Waals surface area contributed by atoms with E-state index >= 15 is 0 Å². The molecule has 0 fully saturated rings. The Bertz CT molecular complexity index is 554. The maximum absolute atomic E-state index is 5.54. The molecule has 86 valence electrons. The highest BCUT2D eigenvalue weighted by Gasteiger charge is 1.92. The van der Waals surface area contributed by atoms with Crippen LogP contribution in [0.5, 0.6) is 0 Å². The molecule has 0 amide bonds. The minimum Gasteiger partial charge on any atom is -0.385 e. The Morgan fingerprint density at radius 3 is 2.12 bits per heavy atom. The number of halogens is 1. The van der Waals surface area contributed by atoms with Crippen LogP contribution in [0, 0.1) is 0 Å². The number of aromatic amines is 1. The smallest absolute Gasteiger partial charge is 0.101 e. The first-order valence-corrected chi connectivity index (χ1v) is 5.67. The Kier molecular flexibility index (Phi) is 3.68. The number of anilines is 1. The number of para-hydroxylation sites is 1. The van der Waals surface area contributed by atoms with E-state index in [4.69, 9.17) is 17.3 Å². The Hall–Kier alpha value is -1.93. The number of hydrogen-bond acceptors (Lipinski definition) is 1. The molecule has 0 aliphatic heterocycles. The van der Waals surface area contributed by atoms with Gasteiger partial charge in [-0.3, -0.25) is 0 Å². The number of rotatable bonds is 0. The number of aromatic nitrogens is 1. The highest BCUT2D eigenvalue weighted by Crippen LogP contribution is 2.14. The largest absolute Gasteiger partial charge is 0.385 e. The Balaban J connectivity index is 0.000000136. The average Bonchev–Trinajstić information content (AvgIpc) is 2.71. The van der Waals surface area contributed by atoms with E-state index in [9.17, 15) is 0 Å². The van der Waals surface area contributed by atoms with Gasteiger partial charge in [-0.1, -0.05) is 48.0 Å². The van der Waals surface area contributed by atoms with Crippen molar-refractivity contribution in [3.05, 3.63) is 65.7 Å². The van der Waals surface area contributed by atoms with Crippen LogP contribution < -0.4 is 5.73 Å². The molecule has 1 heterocycles. The molecule has 0 radical (unpaired) electrons. The molecule has 17 heavy (non-hydrogen) atoms. The van der Waals surface area contributed by atoms with E-state index in [2.05, 4.69) is 4.98 Å². The summed E-state index contributed by atoms with van der Waals surface area (Å²) in [6, 6.07) is 19.4. The minimum absolute atomic E-state index is 0.723. The van der Waals surface area contributed by atoms with E-state index in [1.165, 1.54) is 5.39 Å². The van der Waals surface area contributed by atoms with Crippen molar-refractivity contribution in [2.45, 2.75) is 0 Å². The summed E-state index contributed by atoms with van der Waals surface area (Å²) in [6.07, 6.45) is 0. The number of H-pyrrole nitrogens is 1. The first-order valence-electron chi connectivity index (χ1n) is 5.29. The van der Waals surface area contributed by atoms with Gasteiger partial charge in [0.25, 0.3) is 0 Å². The van der Waals surface area contributed by atoms with Gasteiger partial charge in [0.1, 0.15) is 5.82 Å². The first kappa shape index (κ1) is 11.6. The summed E-state index contributed by atoms with van der Waals surface area (Å²) in [5.41, 5.74) is 6.63. The lowest BCUT2D eigenvalue weighted by atomic mass is 10.3. The van der Waals surface area contributed by atoms with Crippen LogP contribution in [0.15, 0.2) is 60.7 Å². The number of benzene rings is 2. The third-order valence-electron chi connectivity index (χ3n) is 2.28. The zero-order valence-electron chi connectivity index (χ0n) is 9.23. The fraction of sp³-hybridized carbons (Fsp3) is 0. The van der Waals surface area contributed by atoms with Crippen LogP contribution in [-0.4, -0.2) is 4.98 Å². The van der Waals surface area contributed by atoms with Crippen LogP contribution in [0.3, 0.4) is 0 Å². The zero-order chi connectivity index (χ0) is 12.1. The zero-order valence-corrected chi connectivity index (χ0v) is 9.98. The third kappa shape index (κ3) is 3.26. The molecular weight excluding hydrogens is 232 g/mol. The van der Waals surface area contributed by atoms with Crippen LogP contribution in [0.2, 0.25) is 5.02 Å². The van der Waals surface area contributed by atoms with Crippen molar-refractivity contribution in [3.63, 3.8) is 0 Å². The summed E-state index contributed by atoms with van der Waals surface area (Å²) in [7, 11) is 0. The fourth-order valence-corrected chi connectivity index (χ4v) is 1.66. The predicted octanol–water partition coefficient (Wildman–Crippen LogP) is 4.09. The van der Waals surface area contributed by atoms with Crippen LogP contribution in [-0.2, 0) is 0 Å². The number of nitrogen functional groups attached to an aromatic ring is 1. The maximum Gasteiger partial charge on any atom is 0.101 e. The van der Waals surface area contributed by atoms with Crippen molar-refractivity contribution >= 4 is 28.3 Å². The lowest BCUT2D eigenvalue weighted by Crippen LogP contribution is -1.80. The summed E-state index contributed by atoms with van der Waals surface area (Å²) >= 11 is 5.54. The fourth-order valence-electron chi connectivity index (χ4n) is 1.51. The van der Waals surface area contributed by atoms with Gasteiger partial charge in [-0.15, -0.1) is 0 Å². The van der Waals surface area contributed by atoms with Crippen molar-refractivity contribution in [1.82, 2.24) is 4.98 Å². The molecule has 0 atom stereocenters. The molecule has 0 bridgehead atoms. The highest BCUT2D eigenvalue weighted by molar-refractivity contribution is 6.30. The van der Waals surface area contributed by atoms with Crippen molar-refractivity contribution < 1.29 is 0 Å². The van der Waals surface area contributed by atoms with Gasteiger partial charge in [0.05, 0.1) is 0 Å². The van der Waals surface area contributed by atoms with Gasteiger partial charge in [0.15, 0.2) is 0 Å². The quantitative estimate of drug-likeness (QED) is 0.615. The van der Waals surface area contributed by atoms with Crippen LogP contribution >= 0.6 is 11.6 Å². The number of fused-ring (bicyclic) bond motifs is 1. The monoisotopic (exact) mass is 244 g/mol. The summed E-state index contributed by atoms with van der Waals surface area (Å²) in [5.74, 6) is 0.723. The van der Waals surface area contributed by atoms with Crippen molar-refractivity contribution in [1.29, 1.82) is 0 Å². The summed E-state index contributed by atoms with van der Waals surface area (Å²) in [4.78, 5) is 3.04. The second-order valence-corrected chi connectivity index (χ2v) is 4.04. The van der Waals surface area contributed by atoms with E-state index in [1.54, 1.807) is 0 Å². The molecule has 3 aromatic rings. The second kappa shape index (κ2) is 5.41. The van der Waals surface area contributed by atoms with Crippen molar-refractivity contribution in [3.8, 4) is 0 Å². The Labute approximate surface area is 105 Å². The maximum atomic E-state index is 5.54. The van der Waals surface area contributed by atoms with E-state index in [0.717, 1.165) is 16.4 Å². The molecule has 0 aliphatic rings. The van der Waals surface area contributed by atoms with Gasteiger partial charge in [0, 0.05) is 15.9 Å². The topological polar surface area (TPSA) is 41.8 Å². The number of hydrogen-bond donors (Lipinski definition) is 2. The van der Waals surface area contributed by atoms with Crippen LogP contribution in [0.25, 0.3) is 10.9 Å². The van der Waals surface area contributed by atoms with E-state index in [0.29, 0.717) is 0 Å². The molecule has 0 saturated heterocycles. The normalized spacial score (nSPS) is 9.71. The predicted molar refractivity (Wildman–Crippen MR) is 74.2 cm³/mol. The third-order valence-corrected chi connectivity index (χ3v) is 2.54. The molecular formula is C14H13ClN2. The Morgan fingerprint density at radius 2 is 1.53 bits per heavy atom. The summed E-state index contributed by atoms with van der Waals surface area (Å²) < 4.78 is 0.